The third-order valence-electron chi connectivity index (χ3n) is 4.68. The Morgan fingerprint density at radius 2 is 2.15 bits per heavy atom. The number of aromatic nitrogens is 3. The minimum Gasteiger partial charge on any atom is -0.444 e. The van der Waals surface area contributed by atoms with Gasteiger partial charge in [0.1, 0.15) is 22.7 Å². The molecule has 1 saturated heterocycles. The number of rotatable bonds is 1. The van der Waals surface area contributed by atoms with Crippen molar-refractivity contribution in [3.63, 3.8) is 0 Å². The summed E-state index contributed by atoms with van der Waals surface area (Å²) in [5.41, 5.74) is 2.44. The Kier molecular flexibility index (Phi) is 4.03. The van der Waals surface area contributed by atoms with Crippen LogP contribution >= 0.6 is 11.6 Å². The lowest BCUT2D eigenvalue weighted by molar-refractivity contribution is 0.0292. The fourth-order valence-corrected chi connectivity index (χ4v) is 3.72. The fourth-order valence-electron chi connectivity index (χ4n) is 3.49. The van der Waals surface area contributed by atoms with Crippen molar-refractivity contribution in [2.75, 3.05) is 13.1 Å². The molecular weight excluding hydrogens is 352 g/mol. The Hall–Kier alpha value is -2.34. The van der Waals surface area contributed by atoms with E-state index < -0.39 is 5.60 Å². The molecule has 6 nitrogen and oxygen atoms in total. The van der Waals surface area contributed by atoms with Gasteiger partial charge in [0.05, 0.1) is 5.39 Å². The average molecular weight is 373 g/mol. The molecule has 0 radical (unpaired) electrons. The van der Waals surface area contributed by atoms with Crippen molar-refractivity contribution in [1.29, 1.82) is 0 Å². The van der Waals surface area contributed by atoms with Crippen LogP contribution in [0.3, 0.4) is 0 Å². The molecule has 3 aromatic rings. The quantitative estimate of drug-likeness (QED) is 0.639. The molecule has 26 heavy (non-hydrogen) atoms. The zero-order valence-electron chi connectivity index (χ0n) is 15.0. The van der Waals surface area contributed by atoms with Crippen molar-refractivity contribution < 1.29 is 9.53 Å². The molecule has 0 aliphatic carbocycles. The molecule has 1 N–H and O–H groups in total. The third-order valence-corrected chi connectivity index (χ3v) is 4.96. The normalized spacial score (nSPS) is 18.0. The molecule has 1 atom stereocenters. The predicted molar refractivity (Wildman–Crippen MR) is 102 cm³/mol. The Bertz CT molecular complexity index is 992. The molecule has 1 fully saturated rings. The topological polar surface area (TPSA) is 71.1 Å². The number of nitrogens with one attached hydrogen (secondary N) is 1. The number of benzene rings is 1. The van der Waals surface area contributed by atoms with Gasteiger partial charge in [-0.15, -0.1) is 0 Å². The van der Waals surface area contributed by atoms with E-state index in [1.54, 1.807) is 4.90 Å². The van der Waals surface area contributed by atoms with Gasteiger partial charge in [-0.3, -0.25) is 0 Å². The molecule has 1 unspecified atom stereocenters. The molecule has 1 aromatic carbocycles. The second-order valence-corrected chi connectivity index (χ2v) is 8.09. The molecular formula is C19H21ClN4O2. The molecule has 1 aliphatic heterocycles. The van der Waals surface area contributed by atoms with Gasteiger partial charge < -0.3 is 14.6 Å². The van der Waals surface area contributed by atoms with E-state index in [4.69, 9.17) is 16.3 Å². The van der Waals surface area contributed by atoms with Crippen LogP contribution in [0.25, 0.3) is 21.9 Å². The summed E-state index contributed by atoms with van der Waals surface area (Å²) >= 11 is 6.22. The van der Waals surface area contributed by atoms with Crippen LogP contribution in [0.5, 0.6) is 0 Å². The summed E-state index contributed by atoms with van der Waals surface area (Å²) in [4.78, 5) is 25.7. The Labute approximate surface area is 156 Å². The van der Waals surface area contributed by atoms with Crippen molar-refractivity contribution in [3.8, 4) is 0 Å². The number of carbonyl (C=O) groups excluding carboxylic acids is 1. The van der Waals surface area contributed by atoms with Crippen molar-refractivity contribution in [2.45, 2.75) is 38.7 Å². The van der Waals surface area contributed by atoms with Gasteiger partial charge in [-0.25, -0.2) is 14.8 Å². The van der Waals surface area contributed by atoms with Crippen molar-refractivity contribution in [2.24, 2.45) is 0 Å². The number of ether oxygens (including phenoxy) is 1. The van der Waals surface area contributed by atoms with Crippen LogP contribution in [0.1, 0.15) is 38.7 Å². The number of amides is 1. The monoisotopic (exact) mass is 372 g/mol. The van der Waals surface area contributed by atoms with Crippen LogP contribution in [0, 0.1) is 0 Å². The van der Waals surface area contributed by atoms with E-state index in [-0.39, 0.29) is 6.09 Å². The first-order chi connectivity index (χ1) is 12.3. The summed E-state index contributed by atoms with van der Waals surface area (Å²) in [6.45, 7) is 7.03. The zero-order chi connectivity index (χ0) is 18.5. The SMILES string of the molecule is CC(C)(C)OC(=O)N1CCC(c2ccc3c(c2)[nH]c2ncnc(Cl)c23)C1. The van der Waals surface area contributed by atoms with E-state index in [1.807, 2.05) is 20.8 Å². The smallest absolute Gasteiger partial charge is 0.410 e. The minimum absolute atomic E-state index is 0.242. The maximum atomic E-state index is 12.3. The molecule has 7 heteroatoms. The number of fused-ring (bicyclic) bond motifs is 3. The van der Waals surface area contributed by atoms with E-state index in [0.717, 1.165) is 28.4 Å². The molecule has 4 rings (SSSR count). The summed E-state index contributed by atoms with van der Waals surface area (Å²) in [6, 6.07) is 6.27. The third kappa shape index (κ3) is 3.09. The Morgan fingerprint density at radius 3 is 2.92 bits per heavy atom. The summed E-state index contributed by atoms with van der Waals surface area (Å²) in [5, 5.41) is 2.31. The van der Waals surface area contributed by atoms with Gasteiger partial charge in [0.25, 0.3) is 0 Å². The molecule has 136 valence electrons. The van der Waals surface area contributed by atoms with Crippen molar-refractivity contribution in [3.05, 3.63) is 35.2 Å². The zero-order valence-corrected chi connectivity index (χ0v) is 15.8. The van der Waals surface area contributed by atoms with Gasteiger partial charge in [0.2, 0.25) is 0 Å². The number of hydrogen-bond acceptors (Lipinski definition) is 4. The maximum Gasteiger partial charge on any atom is 0.410 e. The first-order valence-corrected chi connectivity index (χ1v) is 9.09. The van der Waals surface area contributed by atoms with Crippen LogP contribution in [0.4, 0.5) is 4.79 Å². The molecule has 2 aromatic heterocycles. The number of likely N-dealkylation sites (tertiary alicyclic amines) is 1. The van der Waals surface area contributed by atoms with Crippen molar-refractivity contribution in [1.82, 2.24) is 19.9 Å². The van der Waals surface area contributed by atoms with Crippen LogP contribution in [-0.2, 0) is 4.74 Å². The van der Waals surface area contributed by atoms with E-state index in [9.17, 15) is 4.79 Å². The number of aromatic amines is 1. The molecule has 1 amide bonds. The molecule has 1 aliphatic rings. The fraction of sp³-hybridized carbons (Fsp3) is 0.421. The molecule has 3 heterocycles. The van der Waals surface area contributed by atoms with Gasteiger partial charge in [0, 0.05) is 29.9 Å². The molecule has 0 spiro atoms. The maximum absolute atomic E-state index is 12.3. The van der Waals surface area contributed by atoms with E-state index in [2.05, 4.69) is 33.2 Å². The van der Waals surface area contributed by atoms with Crippen LogP contribution in [0.15, 0.2) is 24.5 Å². The largest absolute Gasteiger partial charge is 0.444 e. The number of nitrogens with zero attached hydrogens (tertiary/aromatic N) is 3. The van der Waals surface area contributed by atoms with E-state index in [0.29, 0.717) is 24.2 Å². The summed E-state index contributed by atoms with van der Waals surface area (Å²) in [6.07, 6.45) is 2.14. The van der Waals surface area contributed by atoms with Gasteiger partial charge in [-0.2, -0.15) is 0 Å². The van der Waals surface area contributed by atoms with Gasteiger partial charge in [0.15, 0.2) is 0 Å². The highest BCUT2D eigenvalue weighted by atomic mass is 35.5. The number of H-pyrrole nitrogens is 1. The Morgan fingerprint density at radius 1 is 1.35 bits per heavy atom. The second kappa shape index (κ2) is 6.13. The first kappa shape index (κ1) is 17.1. The second-order valence-electron chi connectivity index (χ2n) is 7.73. The van der Waals surface area contributed by atoms with Crippen LogP contribution in [0.2, 0.25) is 5.15 Å². The van der Waals surface area contributed by atoms with Gasteiger partial charge in [-0.1, -0.05) is 23.7 Å². The van der Waals surface area contributed by atoms with E-state index >= 15 is 0 Å². The van der Waals surface area contributed by atoms with Crippen molar-refractivity contribution >= 4 is 39.6 Å². The lowest BCUT2D eigenvalue weighted by Gasteiger charge is -2.24. The number of halogens is 1. The molecule has 0 bridgehead atoms. The minimum atomic E-state index is -0.473. The lowest BCUT2D eigenvalue weighted by Crippen LogP contribution is -2.35. The van der Waals surface area contributed by atoms with Crippen LogP contribution < -0.4 is 0 Å². The van der Waals surface area contributed by atoms with Gasteiger partial charge >= 0.3 is 6.09 Å². The first-order valence-electron chi connectivity index (χ1n) is 8.71. The standard InChI is InChI=1S/C19H21ClN4O2/c1-19(2,3)26-18(25)24-7-6-12(9-24)11-4-5-13-14(8-11)23-17-15(13)16(20)21-10-22-17/h4-5,8,10,12H,6-7,9H2,1-3H3,(H,21,22,23). The summed E-state index contributed by atoms with van der Waals surface area (Å²) < 4.78 is 5.48. The van der Waals surface area contributed by atoms with Gasteiger partial charge in [-0.05, 0) is 38.8 Å². The summed E-state index contributed by atoms with van der Waals surface area (Å²) in [5.74, 6) is 0.292. The lowest BCUT2D eigenvalue weighted by atomic mass is 9.97. The summed E-state index contributed by atoms with van der Waals surface area (Å²) in [7, 11) is 0. The molecule has 0 saturated carbocycles. The highest BCUT2D eigenvalue weighted by Crippen LogP contribution is 2.33. The predicted octanol–water partition coefficient (Wildman–Crippen LogP) is 4.49. The average Bonchev–Trinajstić information content (AvgIpc) is 3.18. The highest BCUT2D eigenvalue weighted by molar-refractivity contribution is 6.36. The van der Waals surface area contributed by atoms with Crippen LogP contribution in [-0.4, -0.2) is 44.6 Å². The van der Waals surface area contributed by atoms with E-state index in [1.165, 1.54) is 11.9 Å². The number of hydrogen-bond donors (Lipinski definition) is 1. The Balaban J connectivity index is 1.59. The number of carbonyl (C=O) groups is 1. The highest BCUT2D eigenvalue weighted by Gasteiger charge is 2.30.